The van der Waals surface area contributed by atoms with Crippen LogP contribution in [-0.2, 0) is 9.84 Å². The van der Waals surface area contributed by atoms with E-state index < -0.39 is 21.6 Å². The third-order valence-corrected chi connectivity index (χ3v) is 6.18. The van der Waals surface area contributed by atoms with E-state index >= 15 is 0 Å². The zero-order chi connectivity index (χ0) is 21.2. The van der Waals surface area contributed by atoms with Crippen LogP contribution in [0.25, 0.3) is 0 Å². The molecule has 0 saturated carbocycles. The van der Waals surface area contributed by atoms with E-state index in [1.165, 1.54) is 39.5 Å². The first-order valence-electron chi connectivity index (χ1n) is 8.50. The second kappa shape index (κ2) is 8.08. The van der Waals surface area contributed by atoms with E-state index in [2.05, 4.69) is 10.5 Å². The maximum atomic E-state index is 13.6. The second-order valence-electron chi connectivity index (χ2n) is 6.12. The summed E-state index contributed by atoms with van der Waals surface area (Å²) >= 11 is 0. The molecule has 154 valence electrons. The molecule has 0 spiro atoms. The molecule has 0 radical (unpaired) electrons. The van der Waals surface area contributed by atoms with Crippen LogP contribution >= 0.6 is 0 Å². The molecule has 1 aliphatic heterocycles. The summed E-state index contributed by atoms with van der Waals surface area (Å²) < 4.78 is 53.7. The Morgan fingerprint density at radius 2 is 1.72 bits per heavy atom. The Kier molecular flexibility index (Phi) is 5.73. The number of fused-ring (bicyclic) bond motifs is 1. The lowest BCUT2D eigenvalue weighted by molar-refractivity contribution is 0.0954. The molecule has 29 heavy (non-hydrogen) atoms. The van der Waals surface area contributed by atoms with Gasteiger partial charge >= 0.3 is 0 Å². The maximum absolute atomic E-state index is 13.6. The number of benzene rings is 2. The SMILES string of the molecule is COc1cc(C(=O)N/N=C2\CCS(=O)(=O)c3ccc(F)cc32)cc(OC)c1OC. The molecule has 0 saturated heterocycles. The van der Waals surface area contributed by atoms with Gasteiger partial charge in [-0.2, -0.15) is 5.10 Å². The number of nitrogens with zero attached hydrogens (tertiary/aromatic N) is 1. The van der Waals surface area contributed by atoms with Crippen molar-refractivity contribution in [2.45, 2.75) is 11.3 Å². The minimum Gasteiger partial charge on any atom is -0.493 e. The van der Waals surface area contributed by atoms with Crippen LogP contribution in [0.5, 0.6) is 17.2 Å². The third-order valence-electron chi connectivity index (χ3n) is 4.41. The molecule has 10 heteroatoms. The highest BCUT2D eigenvalue weighted by Crippen LogP contribution is 2.38. The number of methoxy groups -OCH3 is 3. The normalized spacial score (nSPS) is 16.1. The Morgan fingerprint density at radius 1 is 1.07 bits per heavy atom. The van der Waals surface area contributed by atoms with E-state index in [1.807, 2.05) is 0 Å². The first-order valence-corrected chi connectivity index (χ1v) is 10.2. The number of carbonyl (C=O) groups is 1. The van der Waals surface area contributed by atoms with Gasteiger partial charge in [0, 0.05) is 17.5 Å². The maximum Gasteiger partial charge on any atom is 0.271 e. The molecule has 0 atom stereocenters. The lowest BCUT2D eigenvalue weighted by Crippen LogP contribution is -2.26. The van der Waals surface area contributed by atoms with Gasteiger partial charge < -0.3 is 14.2 Å². The van der Waals surface area contributed by atoms with Crippen molar-refractivity contribution in [3.8, 4) is 17.2 Å². The van der Waals surface area contributed by atoms with Crippen molar-refractivity contribution in [2.24, 2.45) is 5.10 Å². The molecule has 0 fully saturated rings. The molecule has 0 bridgehead atoms. The highest BCUT2D eigenvalue weighted by molar-refractivity contribution is 7.91. The average Bonchev–Trinajstić information content (AvgIpc) is 2.71. The summed E-state index contributed by atoms with van der Waals surface area (Å²) in [5.74, 6) is -0.432. The lowest BCUT2D eigenvalue weighted by atomic mass is 10.1. The van der Waals surface area contributed by atoms with Crippen LogP contribution in [0.3, 0.4) is 0 Å². The predicted octanol–water partition coefficient (Wildman–Crippen LogP) is 2.16. The quantitative estimate of drug-likeness (QED) is 0.585. The first-order chi connectivity index (χ1) is 13.8. The number of hydrogen-bond acceptors (Lipinski definition) is 7. The number of hydrazone groups is 1. The molecule has 0 aromatic heterocycles. The number of rotatable bonds is 5. The molecule has 1 N–H and O–H groups in total. The second-order valence-corrected chi connectivity index (χ2v) is 8.20. The minimum absolute atomic E-state index is 0.00839. The fourth-order valence-electron chi connectivity index (χ4n) is 2.99. The Morgan fingerprint density at radius 3 is 2.31 bits per heavy atom. The number of carbonyl (C=O) groups excluding carboxylic acids is 1. The van der Waals surface area contributed by atoms with Crippen LogP contribution in [-0.4, -0.2) is 47.1 Å². The fourth-order valence-corrected chi connectivity index (χ4v) is 4.45. The zero-order valence-electron chi connectivity index (χ0n) is 16.0. The summed E-state index contributed by atoms with van der Waals surface area (Å²) in [4.78, 5) is 12.6. The number of halogens is 1. The largest absolute Gasteiger partial charge is 0.493 e. The van der Waals surface area contributed by atoms with E-state index in [1.54, 1.807) is 0 Å². The van der Waals surface area contributed by atoms with Crippen molar-refractivity contribution in [1.29, 1.82) is 0 Å². The molecule has 2 aromatic rings. The monoisotopic (exact) mass is 422 g/mol. The summed E-state index contributed by atoms with van der Waals surface area (Å²) in [6.45, 7) is 0. The number of ether oxygens (including phenoxy) is 3. The summed E-state index contributed by atoms with van der Waals surface area (Å²) in [6, 6.07) is 6.28. The van der Waals surface area contributed by atoms with Crippen molar-refractivity contribution in [3.05, 3.63) is 47.3 Å². The van der Waals surface area contributed by atoms with Crippen molar-refractivity contribution in [3.63, 3.8) is 0 Å². The van der Waals surface area contributed by atoms with Gasteiger partial charge in [0.25, 0.3) is 5.91 Å². The third kappa shape index (κ3) is 4.02. The Balaban J connectivity index is 1.93. The van der Waals surface area contributed by atoms with Gasteiger partial charge in [0.2, 0.25) is 5.75 Å². The predicted molar refractivity (Wildman–Crippen MR) is 103 cm³/mol. The Bertz CT molecular complexity index is 1070. The summed E-state index contributed by atoms with van der Waals surface area (Å²) in [7, 11) is 0.776. The van der Waals surface area contributed by atoms with Gasteiger partial charge in [-0.1, -0.05) is 0 Å². The topological polar surface area (TPSA) is 103 Å². The van der Waals surface area contributed by atoms with Gasteiger partial charge in [0.15, 0.2) is 21.3 Å². The van der Waals surface area contributed by atoms with Crippen molar-refractivity contribution < 1.29 is 31.8 Å². The molecule has 2 aromatic carbocycles. The average molecular weight is 422 g/mol. The van der Waals surface area contributed by atoms with Gasteiger partial charge in [0.05, 0.1) is 37.7 Å². The molecule has 8 nitrogen and oxygen atoms in total. The summed E-state index contributed by atoms with van der Waals surface area (Å²) in [5, 5.41) is 4.03. The number of nitrogens with one attached hydrogen (secondary N) is 1. The van der Waals surface area contributed by atoms with Gasteiger partial charge in [0.1, 0.15) is 5.82 Å². The highest BCUT2D eigenvalue weighted by Gasteiger charge is 2.28. The molecule has 0 aliphatic carbocycles. The molecule has 1 heterocycles. The first kappa shape index (κ1) is 20.6. The van der Waals surface area contributed by atoms with E-state index in [0.29, 0.717) is 17.2 Å². The van der Waals surface area contributed by atoms with Crippen LogP contribution in [0.2, 0.25) is 0 Å². The standard InChI is InChI=1S/C19H19FN2O6S/c1-26-15-8-11(9-16(27-2)18(15)28-3)19(23)22-21-14-6-7-29(24,25)17-5-4-12(20)10-13(14)17/h4-5,8-10H,6-7H2,1-3H3,(H,22,23)/b21-14+. The van der Waals surface area contributed by atoms with Crippen LogP contribution in [0, 0.1) is 5.82 Å². The van der Waals surface area contributed by atoms with Crippen LogP contribution < -0.4 is 19.6 Å². The van der Waals surface area contributed by atoms with E-state index in [0.717, 1.165) is 12.1 Å². The molecule has 3 rings (SSSR count). The van der Waals surface area contributed by atoms with Gasteiger partial charge in [-0.05, 0) is 30.3 Å². The van der Waals surface area contributed by atoms with E-state index in [9.17, 15) is 17.6 Å². The van der Waals surface area contributed by atoms with Gasteiger partial charge in [-0.15, -0.1) is 0 Å². The lowest BCUT2D eigenvalue weighted by Gasteiger charge is -2.18. The van der Waals surface area contributed by atoms with Gasteiger partial charge in [-0.3, -0.25) is 4.79 Å². The summed E-state index contributed by atoms with van der Waals surface area (Å²) in [5.41, 5.74) is 2.98. The van der Waals surface area contributed by atoms with E-state index in [4.69, 9.17) is 14.2 Å². The van der Waals surface area contributed by atoms with Gasteiger partial charge in [-0.25, -0.2) is 18.2 Å². The summed E-state index contributed by atoms with van der Waals surface area (Å²) in [6.07, 6.45) is 0.0499. The van der Waals surface area contributed by atoms with Crippen molar-refractivity contribution in [1.82, 2.24) is 5.43 Å². The molecular formula is C19H19FN2O6S. The fraction of sp³-hybridized carbons (Fsp3) is 0.263. The highest BCUT2D eigenvalue weighted by atomic mass is 32.2. The Labute approximate surface area is 167 Å². The number of amides is 1. The molecular weight excluding hydrogens is 403 g/mol. The molecule has 1 aliphatic rings. The van der Waals surface area contributed by atoms with E-state index in [-0.39, 0.29) is 33.9 Å². The van der Waals surface area contributed by atoms with Crippen LogP contribution in [0.4, 0.5) is 4.39 Å². The molecule has 0 unspecified atom stereocenters. The Hall–Kier alpha value is -3.14. The van der Waals surface area contributed by atoms with Crippen LogP contribution in [0.1, 0.15) is 22.3 Å². The smallest absolute Gasteiger partial charge is 0.271 e. The number of sulfone groups is 1. The van der Waals surface area contributed by atoms with Crippen molar-refractivity contribution >= 4 is 21.5 Å². The van der Waals surface area contributed by atoms with Crippen molar-refractivity contribution in [2.75, 3.05) is 27.1 Å². The number of hydrogen-bond donors (Lipinski definition) is 1. The zero-order valence-corrected chi connectivity index (χ0v) is 16.8. The van der Waals surface area contributed by atoms with Crippen LogP contribution in [0.15, 0.2) is 40.3 Å². The molecule has 1 amide bonds. The minimum atomic E-state index is -3.52.